The van der Waals surface area contributed by atoms with Gasteiger partial charge in [0.2, 0.25) is 0 Å². The van der Waals surface area contributed by atoms with Crippen molar-refractivity contribution in [1.82, 2.24) is 10.2 Å². The number of hydrogen-bond donors (Lipinski definition) is 1. The summed E-state index contributed by atoms with van der Waals surface area (Å²) in [5.74, 6) is -2.77. The van der Waals surface area contributed by atoms with Crippen LogP contribution < -0.4 is 5.32 Å². The molecule has 1 amide bonds. The van der Waals surface area contributed by atoms with Crippen molar-refractivity contribution in [2.24, 2.45) is 0 Å². The molecule has 92 valence electrons. The fraction of sp³-hybridized carbons (Fsp3) is 0.900. The molecule has 1 atom stereocenters. The van der Waals surface area contributed by atoms with E-state index in [1.54, 1.807) is 0 Å². The van der Waals surface area contributed by atoms with Crippen molar-refractivity contribution in [2.75, 3.05) is 32.8 Å². The summed E-state index contributed by atoms with van der Waals surface area (Å²) in [5, 5.41) is 3.05. The van der Waals surface area contributed by atoms with E-state index >= 15 is 0 Å². The van der Waals surface area contributed by atoms with E-state index in [1.807, 2.05) is 0 Å². The van der Waals surface area contributed by atoms with Crippen LogP contribution in [0.5, 0.6) is 0 Å². The second kappa shape index (κ2) is 4.63. The van der Waals surface area contributed by atoms with Gasteiger partial charge in [0.25, 0.3) is 11.8 Å². The third-order valence-electron chi connectivity index (χ3n) is 3.01. The highest BCUT2D eigenvalue weighted by Gasteiger charge is 2.37. The Balaban J connectivity index is 1.86. The maximum atomic E-state index is 12.9. The molecule has 2 fully saturated rings. The minimum Gasteiger partial charge on any atom is -0.366 e. The average molecular weight is 234 g/mol. The number of amides is 1. The second-order valence-corrected chi connectivity index (χ2v) is 4.24. The van der Waals surface area contributed by atoms with Crippen molar-refractivity contribution < 1.29 is 18.3 Å². The Labute approximate surface area is 92.9 Å². The van der Waals surface area contributed by atoms with E-state index in [2.05, 4.69) is 5.32 Å². The number of likely N-dealkylation sites (tertiary alicyclic amines) is 1. The summed E-state index contributed by atoms with van der Waals surface area (Å²) in [5.41, 5.74) is 0. The van der Waals surface area contributed by atoms with Crippen LogP contribution in [0.25, 0.3) is 0 Å². The molecule has 2 aliphatic rings. The Morgan fingerprint density at radius 2 is 2.06 bits per heavy atom. The van der Waals surface area contributed by atoms with Crippen molar-refractivity contribution in [3.05, 3.63) is 0 Å². The lowest BCUT2D eigenvalue weighted by Gasteiger charge is -2.35. The van der Waals surface area contributed by atoms with E-state index in [9.17, 15) is 13.6 Å². The van der Waals surface area contributed by atoms with Gasteiger partial charge in [0.05, 0.1) is 6.61 Å². The number of ether oxygens (including phenoxy) is 1. The SMILES string of the molecule is O=C(C1CNCCO1)N1CCC(F)(F)CC1. The quantitative estimate of drug-likeness (QED) is 0.706. The molecule has 0 aromatic rings. The van der Waals surface area contributed by atoms with E-state index in [4.69, 9.17) is 4.74 Å². The minimum absolute atomic E-state index is 0.131. The molecule has 2 heterocycles. The van der Waals surface area contributed by atoms with Crippen LogP contribution in [0.2, 0.25) is 0 Å². The number of morpholine rings is 1. The van der Waals surface area contributed by atoms with Crippen molar-refractivity contribution in [2.45, 2.75) is 24.9 Å². The zero-order valence-electron chi connectivity index (χ0n) is 9.05. The number of nitrogens with zero attached hydrogens (tertiary/aromatic N) is 1. The Morgan fingerprint density at radius 1 is 1.38 bits per heavy atom. The van der Waals surface area contributed by atoms with E-state index in [1.165, 1.54) is 4.90 Å². The van der Waals surface area contributed by atoms with Crippen LogP contribution in [-0.2, 0) is 9.53 Å². The fourth-order valence-electron chi connectivity index (χ4n) is 1.98. The number of piperidine rings is 1. The number of rotatable bonds is 1. The molecule has 0 aromatic heterocycles. The molecule has 2 rings (SSSR count). The molecule has 2 aliphatic heterocycles. The van der Waals surface area contributed by atoms with Crippen LogP contribution in [0, 0.1) is 0 Å². The first-order valence-corrected chi connectivity index (χ1v) is 5.57. The normalized spacial score (nSPS) is 30.1. The summed E-state index contributed by atoms with van der Waals surface area (Å²) in [6, 6.07) is 0. The van der Waals surface area contributed by atoms with E-state index in [0.29, 0.717) is 13.2 Å². The van der Waals surface area contributed by atoms with Crippen molar-refractivity contribution in [1.29, 1.82) is 0 Å². The van der Waals surface area contributed by atoms with Gasteiger partial charge in [-0.05, 0) is 0 Å². The van der Waals surface area contributed by atoms with Gasteiger partial charge in [-0.25, -0.2) is 8.78 Å². The average Bonchev–Trinajstić information content (AvgIpc) is 2.29. The van der Waals surface area contributed by atoms with Crippen LogP contribution in [0.15, 0.2) is 0 Å². The first-order chi connectivity index (χ1) is 7.58. The molecule has 1 unspecified atom stereocenters. The van der Waals surface area contributed by atoms with Gasteiger partial charge in [0, 0.05) is 39.0 Å². The van der Waals surface area contributed by atoms with Gasteiger partial charge in [-0.1, -0.05) is 0 Å². The van der Waals surface area contributed by atoms with Crippen LogP contribution in [0.1, 0.15) is 12.8 Å². The largest absolute Gasteiger partial charge is 0.366 e. The van der Waals surface area contributed by atoms with Crippen LogP contribution in [0.4, 0.5) is 8.78 Å². The molecular weight excluding hydrogens is 218 g/mol. The molecule has 1 N–H and O–H groups in total. The molecule has 0 saturated carbocycles. The number of alkyl halides is 2. The number of halogens is 2. The predicted octanol–water partition coefficient (Wildman–Crippen LogP) is 0.232. The van der Waals surface area contributed by atoms with Crippen molar-refractivity contribution in [3.8, 4) is 0 Å². The van der Waals surface area contributed by atoms with Crippen molar-refractivity contribution >= 4 is 5.91 Å². The summed E-state index contributed by atoms with van der Waals surface area (Å²) in [7, 11) is 0. The predicted molar refractivity (Wildman–Crippen MR) is 53.4 cm³/mol. The van der Waals surface area contributed by atoms with Crippen LogP contribution in [-0.4, -0.2) is 55.6 Å². The van der Waals surface area contributed by atoms with Gasteiger partial charge in [-0.15, -0.1) is 0 Å². The van der Waals surface area contributed by atoms with Gasteiger partial charge < -0.3 is 15.0 Å². The summed E-state index contributed by atoms with van der Waals surface area (Å²) in [6.07, 6.45) is -0.974. The van der Waals surface area contributed by atoms with Gasteiger partial charge in [-0.3, -0.25) is 4.79 Å². The first kappa shape index (κ1) is 11.7. The molecule has 0 aliphatic carbocycles. The lowest BCUT2D eigenvalue weighted by Crippen LogP contribution is -2.52. The second-order valence-electron chi connectivity index (χ2n) is 4.24. The first-order valence-electron chi connectivity index (χ1n) is 5.57. The number of carbonyl (C=O) groups excluding carboxylic acids is 1. The van der Waals surface area contributed by atoms with E-state index in [-0.39, 0.29) is 31.8 Å². The molecule has 0 spiro atoms. The smallest absolute Gasteiger partial charge is 0.253 e. The lowest BCUT2D eigenvalue weighted by atomic mass is 10.1. The highest BCUT2D eigenvalue weighted by molar-refractivity contribution is 5.81. The number of nitrogens with one attached hydrogen (secondary N) is 1. The topological polar surface area (TPSA) is 41.6 Å². The maximum absolute atomic E-state index is 12.9. The molecule has 0 bridgehead atoms. The third-order valence-corrected chi connectivity index (χ3v) is 3.01. The highest BCUT2D eigenvalue weighted by atomic mass is 19.3. The van der Waals surface area contributed by atoms with E-state index < -0.39 is 12.0 Å². The van der Waals surface area contributed by atoms with Gasteiger partial charge in [-0.2, -0.15) is 0 Å². The zero-order chi connectivity index (χ0) is 11.6. The van der Waals surface area contributed by atoms with Gasteiger partial charge >= 0.3 is 0 Å². The molecular formula is C10H16F2N2O2. The molecule has 16 heavy (non-hydrogen) atoms. The Hall–Kier alpha value is -0.750. The lowest BCUT2D eigenvalue weighted by molar-refractivity contribution is -0.150. The molecule has 4 nitrogen and oxygen atoms in total. The third kappa shape index (κ3) is 2.68. The summed E-state index contributed by atoms with van der Waals surface area (Å²) < 4.78 is 31.1. The van der Waals surface area contributed by atoms with Crippen LogP contribution >= 0.6 is 0 Å². The van der Waals surface area contributed by atoms with Crippen molar-refractivity contribution in [3.63, 3.8) is 0 Å². The molecule has 0 aromatic carbocycles. The molecule has 2 saturated heterocycles. The Morgan fingerprint density at radius 3 is 2.62 bits per heavy atom. The highest BCUT2D eigenvalue weighted by Crippen LogP contribution is 2.28. The monoisotopic (exact) mass is 234 g/mol. The number of hydrogen-bond acceptors (Lipinski definition) is 3. The fourth-order valence-corrected chi connectivity index (χ4v) is 1.98. The minimum atomic E-state index is -2.61. The molecule has 6 heteroatoms. The van der Waals surface area contributed by atoms with Gasteiger partial charge in [0.1, 0.15) is 6.10 Å². The Kier molecular flexibility index (Phi) is 3.39. The summed E-state index contributed by atoms with van der Waals surface area (Å²) in [4.78, 5) is 13.4. The summed E-state index contributed by atoms with van der Waals surface area (Å²) in [6.45, 7) is 1.98. The molecule has 0 radical (unpaired) electrons. The maximum Gasteiger partial charge on any atom is 0.253 e. The Bertz CT molecular complexity index is 258. The van der Waals surface area contributed by atoms with E-state index in [0.717, 1.165) is 6.54 Å². The van der Waals surface area contributed by atoms with Gasteiger partial charge in [0.15, 0.2) is 0 Å². The van der Waals surface area contributed by atoms with Crippen LogP contribution in [0.3, 0.4) is 0 Å². The summed E-state index contributed by atoms with van der Waals surface area (Å²) >= 11 is 0. The zero-order valence-corrected chi connectivity index (χ0v) is 9.05. The number of carbonyl (C=O) groups is 1. The standard InChI is InChI=1S/C10H16F2N2O2/c11-10(12)1-4-14(5-2-10)9(15)8-7-13-3-6-16-8/h8,13H,1-7H2.